The van der Waals surface area contributed by atoms with E-state index < -0.39 is 6.10 Å². The molecule has 0 amide bonds. The maximum atomic E-state index is 12.7. The second-order valence-electron chi connectivity index (χ2n) is 16.7. The van der Waals surface area contributed by atoms with Crippen LogP contribution in [0.15, 0.2) is 60.8 Å². The Morgan fingerprint density at radius 1 is 0.367 bits per heavy atom. The summed E-state index contributed by atoms with van der Waals surface area (Å²) < 4.78 is 16.7. The quantitative estimate of drug-likeness (QED) is 0.0200. The number of unbranched alkanes of at least 4 members (excludes halogenated alkanes) is 25. The molecule has 0 aromatic heterocycles. The van der Waals surface area contributed by atoms with Gasteiger partial charge in [0.05, 0.1) is 0 Å². The van der Waals surface area contributed by atoms with E-state index in [0.29, 0.717) is 19.3 Å². The van der Waals surface area contributed by atoms with Gasteiger partial charge in [-0.1, -0.05) is 210 Å². The van der Waals surface area contributed by atoms with E-state index in [1.165, 1.54) is 109 Å². The predicted molar refractivity (Wildman–Crippen MR) is 256 cm³/mol. The number of carbonyl (C=O) groups excluding carboxylic acids is 3. The van der Waals surface area contributed by atoms with Crippen LogP contribution >= 0.6 is 0 Å². The minimum Gasteiger partial charge on any atom is -0.462 e. The monoisotopic (exact) mass is 839 g/mol. The highest BCUT2D eigenvalue weighted by Gasteiger charge is 2.19. The first kappa shape index (κ1) is 57.1. The Labute approximate surface area is 370 Å². The van der Waals surface area contributed by atoms with Crippen LogP contribution in [0.25, 0.3) is 0 Å². The number of hydrogen-bond donors (Lipinski definition) is 0. The third kappa shape index (κ3) is 46.2. The molecule has 0 radical (unpaired) electrons. The normalized spacial score (nSPS) is 12.5. The van der Waals surface area contributed by atoms with Crippen LogP contribution in [0.1, 0.15) is 245 Å². The van der Waals surface area contributed by atoms with E-state index in [2.05, 4.69) is 81.5 Å². The van der Waals surface area contributed by atoms with Gasteiger partial charge in [0.2, 0.25) is 0 Å². The van der Waals surface area contributed by atoms with Crippen molar-refractivity contribution < 1.29 is 28.6 Å². The van der Waals surface area contributed by atoms with Gasteiger partial charge in [0.1, 0.15) is 13.2 Å². The van der Waals surface area contributed by atoms with E-state index in [-0.39, 0.29) is 37.5 Å². The summed E-state index contributed by atoms with van der Waals surface area (Å²) in [6.45, 7) is 6.47. The molecule has 0 heterocycles. The summed E-state index contributed by atoms with van der Waals surface area (Å²) in [5.41, 5.74) is 0. The van der Waals surface area contributed by atoms with Gasteiger partial charge in [-0.25, -0.2) is 0 Å². The molecule has 1 unspecified atom stereocenters. The molecule has 0 N–H and O–H groups in total. The fraction of sp³-hybridized carbons (Fsp3) is 0.759. The van der Waals surface area contributed by atoms with E-state index in [4.69, 9.17) is 14.2 Å². The van der Waals surface area contributed by atoms with E-state index >= 15 is 0 Å². The van der Waals surface area contributed by atoms with E-state index in [9.17, 15) is 14.4 Å². The van der Waals surface area contributed by atoms with Crippen LogP contribution in [0.2, 0.25) is 0 Å². The lowest BCUT2D eigenvalue weighted by Crippen LogP contribution is -2.30. The lowest BCUT2D eigenvalue weighted by atomic mass is 10.0. The largest absolute Gasteiger partial charge is 0.462 e. The van der Waals surface area contributed by atoms with E-state index in [1.807, 2.05) is 0 Å². The Kier molecular flexibility index (Phi) is 46.4. The summed E-state index contributed by atoms with van der Waals surface area (Å²) in [5.74, 6) is -0.946. The number of ether oxygens (including phenoxy) is 3. The maximum absolute atomic E-state index is 12.7. The Bertz CT molecular complexity index is 1100. The second-order valence-corrected chi connectivity index (χ2v) is 16.7. The molecule has 0 aliphatic rings. The fourth-order valence-electron chi connectivity index (χ4n) is 6.98. The molecule has 0 saturated heterocycles. The molecule has 6 nitrogen and oxygen atoms in total. The van der Waals surface area contributed by atoms with Crippen LogP contribution in [-0.4, -0.2) is 37.2 Å². The third-order valence-electron chi connectivity index (χ3n) is 10.8. The van der Waals surface area contributed by atoms with Gasteiger partial charge in [-0.3, -0.25) is 14.4 Å². The van der Waals surface area contributed by atoms with E-state index in [1.54, 1.807) is 0 Å². The summed E-state index contributed by atoms with van der Waals surface area (Å²) in [6.07, 6.45) is 59.2. The third-order valence-corrected chi connectivity index (χ3v) is 10.8. The molecule has 60 heavy (non-hydrogen) atoms. The molecular weight excluding hydrogens is 745 g/mol. The van der Waals surface area contributed by atoms with Crippen LogP contribution < -0.4 is 0 Å². The van der Waals surface area contributed by atoms with Gasteiger partial charge < -0.3 is 14.2 Å². The first-order chi connectivity index (χ1) is 29.5. The predicted octanol–water partition coefficient (Wildman–Crippen LogP) is 16.5. The molecule has 1 atom stereocenters. The van der Waals surface area contributed by atoms with Crippen LogP contribution in [0.5, 0.6) is 0 Å². The van der Waals surface area contributed by atoms with Gasteiger partial charge in [-0.05, 0) is 77.0 Å². The zero-order chi connectivity index (χ0) is 43.7. The minimum absolute atomic E-state index is 0.0932. The van der Waals surface area contributed by atoms with Gasteiger partial charge in [0.15, 0.2) is 6.10 Å². The first-order valence-electron chi connectivity index (χ1n) is 25.3. The molecule has 346 valence electrons. The molecule has 0 fully saturated rings. The molecular formula is C54H94O6. The van der Waals surface area contributed by atoms with E-state index in [0.717, 1.165) is 89.9 Å². The standard InChI is InChI=1S/C54H94O6/c1-4-7-10-13-16-19-22-25-26-27-28-29-30-33-35-38-41-44-47-53(56)59-50-51(60-54(57)48-45-42-39-36-32-24-21-18-15-12-9-6-3)49-58-52(55)46-43-40-37-34-31-23-20-17-14-11-8-5-2/h9,12,18,21,26-29,32,36,51H,4-8,10-11,13-17,19-20,22-25,30-31,33-35,37-50H2,1-3H3/b12-9-,21-18-,27-26-,29-28-,36-32-. The summed E-state index contributed by atoms with van der Waals surface area (Å²) in [4.78, 5) is 37.9. The Morgan fingerprint density at radius 2 is 0.700 bits per heavy atom. The molecule has 0 saturated carbocycles. The minimum atomic E-state index is -0.797. The zero-order valence-corrected chi connectivity index (χ0v) is 39.5. The molecule has 0 spiro atoms. The number of esters is 3. The number of allylic oxidation sites excluding steroid dienone is 10. The average molecular weight is 839 g/mol. The Hall–Kier alpha value is -2.89. The first-order valence-corrected chi connectivity index (χ1v) is 25.3. The lowest BCUT2D eigenvalue weighted by molar-refractivity contribution is -0.167. The fourth-order valence-corrected chi connectivity index (χ4v) is 6.98. The molecule has 0 aliphatic carbocycles. The number of rotatable bonds is 45. The average Bonchev–Trinajstić information content (AvgIpc) is 3.24. The summed E-state index contributed by atoms with van der Waals surface area (Å²) in [7, 11) is 0. The highest BCUT2D eigenvalue weighted by Crippen LogP contribution is 2.14. The van der Waals surface area contributed by atoms with Gasteiger partial charge >= 0.3 is 17.9 Å². The Morgan fingerprint density at radius 3 is 1.15 bits per heavy atom. The van der Waals surface area contributed by atoms with Crippen molar-refractivity contribution in [2.75, 3.05) is 13.2 Å². The van der Waals surface area contributed by atoms with Crippen molar-refractivity contribution in [3.63, 3.8) is 0 Å². The molecule has 0 aromatic rings. The highest BCUT2D eigenvalue weighted by molar-refractivity contribution is 5.71. The Balaban J connectivity index is 4.41. The van der Waals surface area contributed by atoms with Gasteiger partial charge in [0, 0.05) is 19.3 Å². The van der Waals surface area contributed by atoms with Gasteiger partial charge in [0.25, 0.3) is 0 Å². The zero-order valence-electron chi connectivity index (χ0n) is 39.5. The van der Waals surface area contributed by atoms with Gasteiger partial charge in [-0.2, -0.15) is 0 Å². The van der Waals surface area contributed by atoms with Crippen LogP contribution in [0.4, 0.5) is 0 Å². The number of hydrogen-bond acceptors (Lipinski definition) is 6. The summed E-state index contributed by atoms with van der Waals surface area (Å²) in [5, 5.41) is 0. The highest BCUT2D eigenvalue weighted by atomic mass is 16.6. The second kappa shape index (κ2) is 48.8. The van der Waals surface area contributed by atoms with Crippen molar-refractivity contribution in [3.8, 4) is 0 Å². The summed E-state index contributed by atoms with van der Waals surface area (Å²) in [6, 6.07) is 0. The topological polar surface area (TPSA) is 78.9 Å². The van der Waals surface area contributed by atoms with Crippen LogP contribution in [0, 0.1) is 0 Å². The van der Waals surface area contributed by atoms with Crippen LogP contribution in [-0.2, 0) is 28.6 Å². The van der Waals surface area contributed by atoms with Crippen molar-refractivity contribution >= 4 is 17.9 Å². The van der Waals surface area contributed by atoms with Gasteiger partial charge in [-0.15, -0.1) is 0 Å². The van der Waals surface area contributed by atoms with Crippen molar-refractivity contribution in [1.82, 2.24) is 0 Å². The molecule has 0 bridgehead atoms. The molecule has 6 heteroatoms. The molecule has 0 aliphatic heterocycles. The van der Waals surface area contributed by atoms with Crippen molar-refractivity contribution in [1.29, 1.82) is 0 Å². The smallest absolute Gasteiger partial charge is 0.306 e. The van der Waals surface area contributed by atoms with Crippen LogP contribution in [0.3, 0.4) is 0 Å². The summed E-state index contributed by atoms with van der Waals surface area (Å²) >= 11 is 0. The lowest BCUT2D eigenvalue weighted by Gasteiger charge is -2.18. The maximum Gasteiger partial charge on any atom is 0.306 e. The van der Waals surface area contributed by atoms with Crippen molar-refractivity contribution in [2.24, 2.45) is 0 Å². The SMILES string of the molecule is CC/C=C\C/C=C\C/C=C\CCCCC(=O)OC(COC(=O)CCCCCCC/C=C\C=C/CCCCCCCCC)COC(=O)CCCCCCCCCCCCCC. The van der Waals surface area contributed by atoms with Crippen molar-refractivity contribution in [2.45, 2.75) is 252 Å². The van der Waals surface area contributed by atoms with Crippen molar-refractivity contribution in [3.05, 3.63) is 60.8 Å². The number of carbonyl (C=O) groups is 3. The molecule has 0 rings (SSSR count). The molecule has 0 aromatic carbocycles.